The SMILES string of the molecule is CNSC1=CCCC=C1F. The first-order chi connectivity index (χ1) is 4.84. The van der Waals surface area contributed by atoms with Crippen molar-refractivity contribution in [2.45, 2.75) is 12.8 Å². The Hall–Kier alpha value is -0.280. The summed E-state index contributed by atoms with van der Waals surface area (Å²) in [7, 11) is 1.79. The fourth-order valence-corrected chi connectivity index (χ4v) is 1.42. The highest BCUT2D eigenvalue weighted by molar-refractivity contribution is 8.01. The van der Waals surface area contributed by atoms with Crippen molar-refractivity contribution in [2.75, 3.05) is 7.05 Å². The molecule has 0 spiro atoms. The van der Waals surface area contributed by atoms with Gasteiger partial charge in [0.15, 0.2) is 0 Å². The molecule has 0 aromatic carbocycles. The quantitative estimate of drug-likeness (QED) is 0.621. The molecule has 0 aromatic rings. The molecule has 0 atom stereocenters. The van der Waals surface area contributed by atoms with Crippen LogP contribution in [-0.2, 0) is 0 Å². The number of rotatable bonds is 2. The summed E-state index contributed by atoms with van der Waals surface area (Å²) in [5.41, 5.74) is 0. The molecule has 1 aliphatic carbocycles. The summed E-state index contributed by atoms with van der Waals surface area (Å²) in [6, 6.07) is 0. The summed E-state index contributed by atoms with van der Waals surface area (Å²) in [6.45, 7) is 0. The standard InChI is InChI=1S/C7H10FNS/c1-9-10-7-5-3-2-4-6(7)8/h4-5,9H,2-3H2,1H3. The van der Waals surface area contributed by atoms with Gasteiger partial charge in [-0.15, -0.1) is 0 Å². The van der Waals surface area contributed by atoms with Gasteiger partial charge in [0, 0.05) is 0 Å². The van der Waals surface area contributed by atoms with E-state index >= 15 is 0 Å². The van der Waals surface area contributed by atoms with E-state index in [9.17, 15) is 4.39 Å². The van der Waals surface area contributed by atoms with Crippen molar-refractivity contribution >= 4 is 11.9 Å². The normalized spacial score (nSPS) is 18.2. The minimum Gasteiger partial charge on any atom is -0.263 e. The van der Waals surface area contributed by atoms with Gasteiger partial charge in [0.25, 0.3) is 0 Å². The predicted molar refractivity (Wildman–Crippen MR) is 43.2 cm³/mol. The van der Waals surface area contributed by atoms with E-state index in [0.717, 1.165) is 12.8 Å². The van der Waals surface area contributed by atoms with Crippen LogP contribution in [0.25, 0.3) is 0 Å². The van der Waals surface area contributed by atoms with Gasteiger partial charge in [-0.2, -0.15) is 0 Å². The van der Waals surface area contributed by atoms with Crippen LogP contribution >= 0.6 is 11.9 Å². The fraction of sp³-hybridized carbons (Fsp3) is 0.429. The molecule has 1 N–H and O–H groups in total. The second kappa shape index (κ2) is 3.78. The van der Waals surface area contributed by atoms with Gasteiger partial charge < -0.3 is 0 Å². The van der Waals surface area contributed by atoms with Crippen molar-refractivity contribution < 1.29 is 4.39 Å². The average Bonchev–Trinajstić information content (AvgIpc) is 1.94. The van der Waals surface area contributed by atoms with Crippen LogP contribution in [0.3, 0.4) is 0 Å². The highest BCUT2D eigenvalue weighted by atomic mass is 32.2. The largest absolute Gasteiger partial charge is 0.263 e. The van der Waals surface area contributed by atoms with Crippen molar-refractivity contribution in [3.8, 4) is 0 Å². The zero-order chi connectivity index (χ0) is 7.40. The van der Waals surface area contributed by atoms with Crippen LogP contribution in [0.2, 0.25) is 0 Å². The van der Waals surface area contributed by atoms with E-state index < -0.39 is 0 Å². The number of halogens is 1. The summed E-state index contributed by atoms with van der Waals surface area (Å²) in [6.07, 6.45) is 5.33. The highest BCUT2D eigenvalue weighted by Crippen LogP contribution is 2.26. The van der Waals surface area contributed by atoms with Gasteiger partial charge >= 0.3 is 0 Å². The van der Waals surface area contributed by atoms with Crippen LogP contribution in [0.4, 0.5) is 4.39 Å². The van der Waals surface area contributed by atoms with Crippen LogP contribution < -0.4 is 4.72 Å². The first-order valence-electron chi connectivity index (χ1n) is 3.24. The molecular formula is C7H10FNS. The van der Waals surface area contributed by atoms with Crippen LogP contribution in [0.15, 0.2) is 22.9 Å². The first kappa shape index (κ1) is 7.82. The highest BCUT2D eigenvalue weighted by Gasteiger charge is 2.06. The van der Waals surface area contributed by atoms with Crippen LogP contribution in [0.5, 0.6) is 0 Å². The van der Waals surface area contributed by atoms with Gasteiger partial charge in [0.2, 0.25) is 0 Å². The maximum absolute atomic E-state index is 12.8. The zero-order valence-corrected chi connectivity index (χ0v) is 6.67. The summed E-state index contributed by atoms with van der Waals surface area (Å²) >= 11 is 1.33. The van der Waals surface area contributed by atoms with Crippen molar-refractivity contribution in [2.24, 2.45) is 0 Å². The van der Waals surface area contributed by atoms with Gasteiger partial charge in [0.1, 0.15) is 5.83 Å². The molecule has 0 aromatic heterocycles. The maximum atomic E-state index is 12.8. The Morgan fingerprint density at radius 2 is 2.20 bits per heavy atom. The van der Waals surface area contributed by atoms with Crippen molar-refractivity contribution in [1.29, 1.82) is 0 Å². The number of allylic oxidation sites excluding steroid dienone is 3. The Bertz CT molecular complexity index is 174. The van der Waals surface area contributed by atoms with E-state index in [1.807, 2.05) is 6.08 Å². The summed E-state index contributed by atoms with van der Waals surface area (Å²) < 4.78 is 15.6. The van der Waals surface area contributed by atoms with Gasteiger partial charge in [-0.25, -0.2) is 4.39 Å². The molecule has 10 heavy (non-hydrogen) atoms. The lowest BCUT2D eigenvalue weighted by Crippen LogP contribution is -1.95. The average molecular weight is 159 g/mol. The molecule has 0 bridgehead atoms. The smallest absolute Gasteiger partial charge is 0.133 e. The van der Waals surface area contributed by atoms with Crippen LogP contribution in [0.1, 0.15) is 12.8 Å². The van der Waals surface area contributed by atoms with Gasteiger partial charge in [-0.3, -0.25) is 4.72 Å². The van der Waals surface area contributed by atoms with Crippen LogP contribution in [0, 0.1) is 0 Å². The van der Waals surface area contributed by atoms with Crippen LogP contribution in [-0.4, -0.2) is 7.05 Å². The Kier molecular flexibility index (Phi) is 2.96. The first-order valence-corrected chi connectivity index (χ1v) is 4.06. The van der Waals surface area contributed by atoms with E-state index in [0.29, 0.717) is 4.91 Å². The lowest BCUT2D eigenvalue weighted by molar-refractivity contribution is 0.648. The molecule has 0 heterocycles. The molecule has 56 valence electrons. The van der Waals surface area contributed by atoms with Crippen molar-refractivity contribution in [3.05, 3.63) is 22.9 Å². The number of hydrogen-bond donors (Lipinski definition) is 1. The second-order valence-corrected chi connectivity index (χ2v) is 3.06. The molecule has 0 saturated heterocycles. The third-order valence-corrected chi connectivity index (χ3v) is 2.05. The molecule has 1 rings (SSSR count). The Labute approximate surface area is 64.5 Å². The number of nitrogens with one attached hydrogen (secondary N) is 1. The molecule has 0 radical (unpaired) electrons. The summed E-state index contributed by atoms with van der Waals surface area (Å²) in [5, 5.41) is 0. The third-order valence-electron chi connectivity index (χ3n) is 1.27. The molecule has 0 aliphatic heterocycles. The lowest BCUT2D eigenvalue weighted by Gasteiger charge is -2.06. The van der Waals surface area contributed by atoms with E-state index in [1.54, 1.807) is 13.1 Å². The monoisotopic (exact) mass is 159 g/mol. The summed E-state index contributed by atoms with van der Waals surface area (Å²) in [4.78, 5) is 0.716. The van der Waals surface area contributed by atoms with E-state index in [-0.39, 0.29) is 5.83 Å². The molecule has 0 saturated carbocycles. The maximum Gasteiger partial charge on any atom is 0.133 e. The Balaban J connectivity index is 2.56. The predicted octanol–water partition coefficient (Wildman–Crippen LogP) is 2.39. The van der Waals surface area contributed by atoms with E-state index in [2.05, 4.69) is 4.72 Å². The van der Waals surface area contributed by atoms with Gasteiger partial charge in [-0.1, -0.05) is 6.08 Å². The second-order valence-electron chi connectivity index (χ2n) is 2.00. The topological polar surface area (TPSA) is 12.0 Å². The third kappa shape index (κ3) is 1.85. The zero-order valence-electron chi connectivity index (χ0n) is 5.86. The van der Waals surface area contributed by atoms with Gasteiger partial charge in [0.05, 0.1) is 4.91 Å². The van der Waals surface area contributed by atoms with E-state index in [4.69, 9.17) is 0 Å². The lowest BCUT2D eigenvalue weighted by atomic mass is 10.2. The molecule has 0 amide bonds. The molecule has 3 heteroatoms. The molecule has 0 unspecified atom stereocenters. The molecule has 0 fully saturated rings. The Morgan fingerprint density at radius 3 is 2.80 bits per heavy atom. The molecule has 1 nitrogen and oxygen atoms in total. The Morgan fingerprint density at radius 1 is 1.50 bits per heavy atom. The summed E-state index contributed by atoms with van der Waals surface area (Å²) in [5.74, 6) is -0.0920. The minimum absolute atomic E-state index is 0.0920. The van der Waals surface area contributed by atoms with E-state index in [1.165, 1.54) is 11.9 Å². The van der Waals surface area contributed by atoms with Gasteiger partial charge in [-0.05, 0) is 37.9 Å². The minimum atomic E-state index is -0.0920. The van der Waals surface area contributed by atoms with Crippen molar-refractivity contribution in [1.82, 2.24) is 4.72 Å². The fourth-order valence-electron chi connectivity index (χ4n) is 0.823. The van der Waals surface area contributed by atoms with Crippen molar-refractivity contribution in [3.63, 3.8) is 0 Å². The molecular weight excluding hydrogens is 149 g/mol. The molecule has 1 aliphatic rings. The number of hydrogen-bond acceptors (Lipinski definition) is 2.